The van der Waals surface area contributed by atoms with E-state index in [1.54, 1.807) is 0 Å². The zero-order chi connectivity index (χ0) is 21.3. The number of nitrogen functional groups attached to an aromatic ring is 1. The molecular formula is C18H19N7O5. The first-order valence-electron chi connectivity index (χ1n) is 9.27. The van der Waals surface area contributed by atoms with Gasteiger partial charge in [-0.3, -0.25) is 19.7 Å². The van der Waals surface area contributed by atoms with Gasteiger partial charge < -0.3 is 26.0 Å². The van der Waals surface area contributed by atoms with Crippen LogP contribution in [0.25, 0.3) is 0 Å². The lowest BCUT2D eigenvalue weighted by Gasteiger charge is -2.30. The van der Waals surface area contributed by atoms with Crippen molar-refractivity contribution in [2.24, 2.45) is 0 Å². The highest BCUT2D eigenvalue weighted by Crippen LogP contribution is 2.36. The number of nitrogens with zero attached hydrogens (tertiary/aromatic N) is 4. The predicted molar refractivity (Wildman–Crippen MR) is 107 cm³/mol. The number of fused-ring (bicyclic) bond motifs is 1. The molecule has 0 saturated carbocycles. The fraction of sp³-hybridized carbons (Fsp3) is 0.333. The summed E-state index contributed by atoms with van der Waals surface area (Å²) in [5, 5.41) is 16.2. The number of amides is 2. The maximum Gasteiger partial charge on any atom is 0.271 e. The summed E-state index contributed by atoms with van der Waals surface area (Å²) in [7, 11) is 0. The van der Waals surface area contributed by atoms with Crippen LogP contribution in [0.15, 0.2) is 24.3 Å². The molecule has 1 fully saturated rings. The molecule has 156 valence electrons. The molecular weight excluding hydrogens is 394 g/mol. The fourth-order valence-electron chi connectivity index (χ4n) is 3.44. The number of benzene rings is 1. The average Bonchev–Trinajstić information content (AvgIpc) is 2.73. The number of hydrogen-bond acceptors (Lipinski definition) is 9. The van der Waals surface area contributed by atoms with E-state index < -0.39 is 16.7 Å². The van der Waals surface area contributed by atoms with Gasteiger partial charge in [0.2, 0.25) is 17.8 Å². The van der Waals surface area contributed by atoms with Crippen LogP contribution < -0.4 is 21.3 Å². The molecule has 2 aliphatic heterocycles. The van der Waals surface area contributed by atoms with Gasteiger partial charge in [0.1, 0.15) is 11.6 Å². The van der Waals surface area contributed by atoms with Crippen LogP contribution >= 0.6 is 0 Å². The molecule has 1 aromatic heterocycles. The van der Waals surface area contributed by atoms with Crippen LogP contribution in [-0.4, -0.2) is 53.0 Å². The minimum Gasteiger partial charge on any atom is -0.383 e. The summed E-state index contributed by atoms with van der Waals surface area (Å²) in [5.74, 6) is -1.18. The van der Waals surface area contributed by atoms with Crippen LogP contribution in [0.3, 0.4) is 0 Å². The molecule has 0 bridgehead atoms. The normalized spacial score (nSPS) is 18.3. The van der Waals surface area contributed by atoms with E-state index in [2.05, 4.69) is 20.6 Å². The fourth-order valence-corrected chi connectivity index (χ4v) is 3.44. The minimum atomic E-state index is -0.924. The van der Waals surface area contributed by atoms with Crippen molar-refractivity contribution in [2.45, 2.75) is 12.3 Å². The Morgan fingerprint density at radius 1 is 1.33 bits per heavy atom. The van der Waals surface area contributed by atoms with Gasteiger partial charge in [-0.1, -0.05) is 6.07 Å². The average molecular weight is 413 g/mol. The number of nitro benzene ring substituents is 1. The van der Waals surface area contributed by atoms with Gasteiger partial charge in [0.15, 0.2) is 0 Å². The van der Waals surface area contributed by atoms with E-state index in [1.165, 1.54) is 24.3 Å². The smallest absolute Gasteiger partial charge is 0.271 e. The molecule has 12 heteroatoms. The third kappa shape index (κ3) is 3.85. The van der Waals surface area contributed by atoms with Crippen molar-refractivity contribution in [3.8, 4) is 0 Å². The number of nitro groups is 1. The highest BCUT2D eigenvalue weighted by Gasteiger charge is 2.35. The molecule has 30 heavy (non-hydrogen) atoms. The van der Waals surface area contributed by atoms with Crippen LogP contribution in [-0.2, 0) is 14.3 Å². The number of ether oxygens (including phenoxy) is 1. The summed E-state index contributed by atoms with van der Waals surface area (Å²) in [6.45, 7) is 2.23. The third-order valence-electron chi connectivity index (χ3n) is 4.89. The van der Waals surface area contributed by atoms with E-state index in [1.807, 2.05) is 4.90 Å². The molecule has 1 atom stereocenters. The zero-order valence-electron chi connectivity index (χ0n) is 15.8. The molecule has 0 spiro atoms. The lowest BCUT2D eigenvalue weighted by Crippen LogP contribution is -2.38. The monoisotopic (exact) mass is 413 g/mol. The molecule has 1 aromatic carbocycles. The van der Waals surface area contributed by atoms with Crippen LogP contribution in [0, 0.1) is 10.1 Å². The summed E-state index contributed by atoms with van der Waals surface area (Å²) in [5.41, 5.74) is 6.56. The molecule has 4 N–H and O–H groups in total. The van der Waals surface area contributed by atoms with Gasteiger partial charge in [-0.2, -0.15) is 9.97 Å². The third-order valence-corrected chi connectivity index (χ3v) is 4.89. The Morgan fingerprint density at radius 3 is 2.83 bits per heavy atom. The maximum atomic E-state index is 12.9. The zero-order valence-corrected chi connectivity index (χ0v) is 15.8. The Kier molecular flexibility index (Phi) is 5.14. The number of nitrogens with two attached hydrogens (primary N) is 1. The van der Waals surface area contributed by atoms with E-state index in [0.717, 1.165) is 0 Å². The number of rotatable bonds is 4. The first kappa shape index (κ1) is 19.5. The Balaban J connectivity index is 1.62. The van der Waals surface area contributed by atoms with E-state index in [0.29, 0.717) is 37.8 Å². The van der Waals surface area contributed by atoms with Gasteiger partial charge >= 0.3 is 0 Å². The molecule has 0 aliphatic carbocycles. The van der Waals surface area contributed by atoms with Crippen LogP contribution in [0.5, 0.6) is 0 Å². The molecule has 0 radical (unpaired) electrons. The number of aromatic nitrogens is 2. The summed E-state index contributed by atoms with van der Waals surface area (Å²) < 4.78 is 5.32. The second-order valence-corrected chi connectivity index (χ2v) is 6.87. The highest BCUT2D eigenvalue weighted by molar-refractivity contribution is 6.05. The highest BCUT2D eigenvalue weighted by atomic mass is 16.6. The predicted octanol–water partition coefficient (Wildman–Crippen LogP) is 0.868. The Morgan fingerprint density at radius 2 is 2.10 bits per heavy atom. The molecule has 4 rings (SSSR count). The van der Waals surface area contributed by atoms with Crippen molar-refractivity contribution >= 4 is 40.8 Å². The van der Waals surface area contributed by atoms with E-state index in [9.17, 15) is 19.7 Å². The first-order valence-corrected chi connectivity index (χ1v) is 9.27. The van der Waals surface area contributed by atoms with Crippen molar-refractivity contribution < 1.29 is 19.2 Å². The van der Waals surface area contributed by atoms with Gasteiger partial charge in [-0.05, 0) is 6.07 Å². The van der Waals surface area contributed by atoms with Gasteiger partial charge in [0.05, 0.1) is 29.6 Å². The largest absolute Gasteiger partial charge is 0.383 e. The standard InChI is InChI=1S/C18H19N7O5/c19-15-14-12(17(27)20-10-2-1-3-11(8-10)25(28)29)9-13(26)21-16(14)23-18(22-15)24-4-6-30-7-5-24/h1-3,8,12H,4-7,9H2,(H,20,27)(H3,19,21,22,23,26). The Hall–Kier alpha value is -3.80. The summed E-state index contributed by atoms with van der Waals surface area (Å²) in [6, 6.07) is 5.54. The first-order chi connectivity index (χ1) is 14.4. The van der Waals surface area contributed by atoms with Crippen LogP contribution in [0.4, 0.5) is 29.0 Å². The molecule has 1 unspecified atom stereocenters. The summed E-state index contributed by atoms with van der Waals surface area (Å²) in [4.78, 5) is 46.1. The topological polar surface area (TPSA) is 166 Å². The molecule has 2 amide bonds. The maximum absolute atomic E-state index is 12.9. The van der Waals surface area contributed by atoms with Gasteiger partial charge in [-0.15, -0.1) is 0 Å². The number of morpholine rings is 1. The molecule has 1 saturated heterocycles. The quantitative estimate of drug-likeness (QED) is 0.487. The Bertz CT molecular complexity index is 1020. The number of anilines is 4. The minimum absolute atomic E-state index is 0.0979. The number of carbonyl (C=O) groups excluding carboxylic acids is 2. The molecule has 2 aromatic rings. The van der Waals surface area contributed by atoms with E-state index in [-0.39, 0.29) is 35.3 Å². The second-order valence-electron chi connectivity index (χ2n) is 6.87. The number of non-ortho nitro benzene ring substituents is 1. The van der Waals surface area contributed by atoms with E-state index in [4.69, 9.17) is 10.5 Å². The van der Waals surface area contributed by atoms with Crippen molar-refractivity contribution in [1.29, 1.82) is 0 Å². The van der Waals surface area contributed by atoms with Crippen molar-refractivity contribution in [2.75, 3.05) is 47.6 Å². The Labute approximate surface area is 170 Å². The van der Waals surface area contributed by atoms with Crippen LogP contribution in [0.2, 0.25) is 0 Å². The lowest BCUT2D eigenvalue weighted by molar-refractivity contribution is -0.384. The van der Waals surface area contributed by atoms with Crippen molar-refractivity contribution in [3.63, 3.8) is 0 Å². The van der Waals surface area contributed by atoms with Crippen molar-refractivity contribution in [1.82, 2.24) is 9.97 Å². The van der Waals surface area contributed by atoms with Gasteiger partial charge in [0.25, 0.3) is 5.69 Å². The van der Waals surface area contributed by atoms with E-state index >= 15 is 0 Å². The lowest BCUT2D eigenvalue weighted by atomic mass is 9.92. The van der Waals surface area contributed by atoms with Gasteiger partial charge in [-0.25, -0.2) is 0 Å². The second kappa shape index (κ2) is 7.91. The number of nitrogens with one attached hydrogen (secondary N) is 2. The van der Waals surface area contributed by atoms with Gasteiger partial charge in [0, 0.05) is 37.3 Å². The molecule has 12 nitrogen and oxygen atoms in total. The van der Waals surface area contributed by atoms with Crippen LogP contribution in [0.1, 0.15) is 17.9 Å². The van der Waals surface area contributed by atoms with Crippen molar-refractivity contribution in [3.05, 3.63) is 39.9 Å². The summed E-state index contributed by atoms with van der Waals surface area (Å²) >= 11 is 0. The molecule has 3 heterocycles. The SMILES string of the molecule is Nc1nc(N2CCOCC2)nc2c1C(C(=O)Nc1cccc([N+](=O)[O-])c1)CC(=O)N2. The number of carbonyl (C=O) groups is 2. The molecule has 2 aliphatic rings. The number of hydrogen-bond donors (Lipinski definition) is 3. The summed E-state index contributed by atoms with van der Waals surface area (Å²) in [6.07, 6.45) is -0.141.